The molecule has 1 aromatic carbocycles. The Bertz CT molecular complexity index is 869. The van der Waals surface area contributed by atoms with Gasteiger partial charge in [0.15, 0.2) is 11.8 Å². The predicted octanol–water partition coefficient (Wildman–Crippen LogP) is 3.30. The highest BCUT2D eigenvalue weighted by Crippen LogP contribution is 2.35. The molecule has 1 amide bonds. The van der Waals surface area contributed by atoms with Crippen molar-refractivity contribution in [3.63, 3.8) is 0 Å². The van der Waals surface area contributed by atoms with Crippen molar-refractivity contribution in [3.8, 4) is 0 Å². The maximum Gasteiger partial charge on any atom is 0.263 e. The van der Waals surface area contributed by atoms with Gasteiger partial charge in [0.05, 0.1) is 30.9 Å². The third-order valence-corrected chi connectivity index (χ3v) is 6.51. The molecule has 4 nitrogen and oxygen atoms in total. The van der Waals surface area contributed by atoms with Gasteiger partial charge in [-0.05, 0) is 18.2 Å². The second-order valence-corrected chi connectivity index (χ2v) is 7.81. The molecular formula is C19H20ClN2O2S+. The first-order valence-corrected chi connectivity index (χ1v) is 9.76. The van der Waals surface area contributed by atoms with Crippen molar-refractivity contribution in [1.82, 2.24) is 5.32 Å². The molecule has 1 aliphatic heterocycles. The van der Waals surface area contributed by atoms with E-state index in [0.717, 1.165) is 28.9 Å². The standard InChI is InChI=1S/C19H19ClN2O2S/c20-17-13-6-1-2-8-16(13)25-18(17)19(23)21-12-14(15-7-5-11-24-15)22-9-3-4-10-22/h1-2,5-8,11,14H,3-4,9-10,12H2,(H,21,23)/p+1/t14-/m1/s1. The Morgan fingerprint density at radius 3 is 2.76 bits per heavy atom. The zero-order valence-corrected chi connectivity index (χ0v) is 15.3. The topological polar surface area (TPSA) is 46.7 Å². The number of halogens is 1. The van der Waals surface area contributed by atoms with Crippen LogP contribution < -0.4 is 10.2 Å². The predicted molar refractivity (Wildman–Crippen MR) is 101 cm³/mol. The third-order valence-electron chi connectivity index (χ3n) is 4.83. The van der Waals surface area contributed by atoms with Crippen LogP contribution in [0, 0.1) is 0 Å². The summed E-state index contributed by atoms with van der Waals surface area (Å²) in [5, 5.41) is 4.55. The van der Waals surface area contributed by atoms with Gasteiger partial charge in [0, 0.05) is 22.9 Å². The lowest BCUT2D eigenvalue weighted by atomic mass is 10.2. The normalized spacial score (nSPS) is 16.4. The van der Waals surface area contributed by atoms with E-state index in [1.54, 1.807) is 6.26 Å². The molecular weight excluding hydrogens is 356 g/mol. The lowest BCUT2D eigenvalue weighted by Crippen LogP contribution is -3.11. The Balaban J connectivity index is 1.52. The SMILES string of the molecule is O=C(NC[C@H](c1ccco1)[NH+]1CCCC1)c1sc2ccccc2c1Cl. The Hall–Kier alpha value is -1.82. The molecule has 1 fully saturated rings. The molecule has 25 heavy (non-hydrogen) atoms. The van der Waals surface area contributed by atoms with E-state index in [9.17, 15) is 4.79 Å². The molecule has 0 saturated carbocycles. The highest BCUT2D eigenvalue weighted by atomic mass is 35.5. The van der Waals surface area contributed by atoms with Crippen LogP contribution in [-0.4, -0.2) is 25.5 Å². The molecule has 3 aromatic rings. The molecule has 1 saturated heterocycles. The molecule has 130 valence electrons. The minimum absolute atomic E-state index is 0.110. The van der Waals surface area contributed by atoms with Gasteiger partial charge in [-0.15, -0.1) is 11.3 Å². The number of benzene rings is 1. The van der Waals surface area contributed by atoms with Crippen LogP contribution in [0.2, 0.25) is 5.02 Å². The molecule has 0 spiro atoms. The fourth-order valence-electron chi connectivity index (χ4n) is 3.55. The van der Waals surface area contributed by atoms with E-state index < -0.39 is 0 Å². The number of thiophene rings is 1. The molecule has 0 bridgehead atoms. The quantitative estimate of drug-likeness (QED) is 0.718. The molecule has 0 aliphatic carbocycles. The average molecular weight is 376 g/mol. The van der Waals surface area contributed by atoms with Crippen molar-refractivity contribution in [2.24, 2.45) is 0 Å². The molecule has 2 N–H and O–H groups in total. The number of likely N-dealkylation sites (tertiary alicyclic amines) is 1. The van der Waals surface area contributed by atoms with Gasteiger partial charge in [0.1, 0.15) is 4.88 Å². The van der Waals surface area contributed by atoms with E-state index >= 15 is 0 Å². The lowest BCUT2D eigenvalue weighted by Gasteiger charge is -2.23. The van der Waals surface area contributed by atoms with Crippen LogP contribution in [0.25, 0.3) is 10.1 Å². The fraction of sp³-hybridized carbons (Fsp3) is 0.316. The van der Waals surface area contributed by atoms with Gasteiger partial charge in [-0.3, -0.25) is 4.79 Å². The number of quaternary nitrogens is 1. The second-order valence-electron chi connectivity index (χ2n) is 6.38. The highest BCUT2D eigenvalue weighted by Gasteiger charge is 2.30. The summed E-state index contributed by atoms with van der Waals surface area (Å²) in [5.74, 6) is 0.820. The van der Waals surface area contributed by atoms with Gasteiger partial charge in [0.25, 0.3) is 5.91 Å². The van der Waals surface area contributed by atoms with Gasteiger partial charge < -0.3 is 14.6 Å². The second kappa shape index (κ2) is 7.20. The van der Waals surface area contributed by atoms with E-state index in [2.05, 4.69) is 5.32 Å². The zero-order valence-electron chi connectivity index (χ0n) is 13.8. The van der Waals surface area contributed by atoms with Crippen LogP contribution in [0.15, 0.2) is 47.1 Å². The number of furan rings is 1. The fourth-order valence-corrected chi connectivity index (χ4v) is 4.98. The molecule has 2 aromatic heterocycles. The van der Waals surface area contributed by atoms with Crippen LogP contribution in [0.4, 0.5) is 0 Å². The number of hydrogen-bond acceptors (Lipinski definition) is 3. The smallest absolute Gasteiger partial charge is 0.263 e. The first-order valence-electron chi connectivity index (χ1n) is 8.57. The molecule has 0 radical (unpaired) electrons. The highest BCUT2D eigenvalue weighted by molar-refractivity contribution is 7.21. The van der Waals surface area contributed by atoms with Crippen molar-refractivity contribution >= 4 is 38.9 Å². The van der Waals surface area contributed by atoms with E-state index in [1.165, 1.54) is 29.1 Å². The molecule has 1 atom stereocenters. The average Bonchev–Trinajstić information content (AvgIpc) is 3.37. The van der Waals surface area contributed by atoms with Gasteiger partial charge in [-0.1, -0.05) is 29.8 Å². The van der Waals surface area contributed by atoms with Gasteiger partial charge in [-0.2, -0.15) is 0 Å². The van der Waals surface area contributed by atoms with Crippen LogP contribution in [0.5, 0.6) is 0 Å². The first-order chi connectivity index (χ1) is 12.2. The van der Waals surface area contributed by atoms with Crippen molar-refractivity contribution in [2.75, 3.05) is 19.6 Å². The zero-order chi connectivity index (χ0) is 17.2. The minimum Gasteiger partial charge on any atom is -0.463 e. The summed E-state index contributed by atoms with van der Waals surface area (Å²) in [6.45, 7) is 2.78. The van der Waals surface area contributed by atoms with Crippen molar-refractivity contribution in [2.45, 2.75) is 18.9 Å². The van der Waals surface area contributed by atoms with Gasteiger partial charge >= 0.3 is 0 Å². The van der Waals surface area contributed by atoms with Crippen LogP contribution in [0.1, 0.15) is 34.3 Å². The summed E-state index contributed by atoms with van der Waals surface area (Å²) in [7, 11) is 0. The lowest BCUT2D eigenvalue weighted by molar-refractivity contribution is -0.919. The monoisotopic (exact) mass is 375 g/mol. The first kappa shape index (κ1) is 16.6. The van der Waals surface area contributed by atoms with Crippen LogP contribution >= 0.6 is 22.9 Å². The Labute approximate surface area is 155 Å². The van der Waals surface area contributed by atoms with Crippen LogP contribution in [-0.2, 0) is 0 Å². The van der Waals surface area contributed by atoms with E-state index in [0.29, 0.717) is 16.4 Å². The Kier molecular flexibility index (Phi) is 4.79. The summed E-state index contributed by atoms with van der Waals surface area (Å²) < 4.78 is 6.65. The summed E-state index contributed by atoms with van der Waals surface area (Å²) in [4.78, 5) is 14.8. The van der Waals surface area contributed by atoms with Gasteiger partial charge in [-0.25, -0.2) is 0 Å². The number of carbonyl (C=O) groups is 1. The number of carbonyl (C=O) groups excluding carboxylic acids is 1. The molecule has 0 unspecified atom stereocenters. The summed E-state index contributed by atoms with van der Waals surface area (Å²) in [6, 6.07) is 11.9. The minimum atomic E-state index is -0.110. The summed E-state index contributed by atoms with van der Waals surface area (Å²) in [5.41, 5.74) is 0. The van der Waals surface area contributed by atoms with E-state index in [4.69, 9.17) is 16.0 Å². The maximum absolute atomic E-state index is 12.7. The van der Waals surface area contributed by atoms with E-state index in [1.807, 2.05) is 36.4 Å². The molecule has 4 rings (SSSR count). The largest absolute Gasteiger partial charge is 0.463 e. The molecule has 1 aliphatic rings. The maximum atomic E-state index is 12.7. The van der Waals surface area contributed by atoms with Crippen LogP contribution in [0.3, 0.4) is 0 Å². The van der Waals surface area contributed by atoms with Crippen molar-refractivity contribution in [3.05, 3.63) is 58.3 Å². The summed E-state index contributed by atoms with van der Waals surface area (Å²) >= 11 is 7.86. The number of hydrogen-bond donors (Lipinski definition) is 2. The number of amides is 1. The summed E-state index contributed by atoms with van der Waals surface area (Å²) in [6.07, 6.45) is 4.15. The van der Waals surface area contributed by atoms with Crippen molar-refractivity contribution in [1.29, 1.82) is 0 Å². The Morgan fingerprint density at radius 1 is 1.24 bits per heavy atom. The third kappa shape index (κ3) is 3.32. The number of rotatable bonds is 5. The van der Waals surface area contributed by atoms with Crippen molar-refractivity contribution < 1.29 is 14.1 Å². The van der Waals surface area contributed by atoms with Gasteiger partial charge in [0.2, 0.25) is 0 Å². The number of nitrogens with one attached hydrogen (secondary N) is 2. The Morgan fingerprint density at radius 2 is 2.04 bits per heavy atom. The van der Waals surface area contributed by atoms with E-state index in [-0.39, 0.29) is 11.9 Å². The molecule has 6 heteroatoms. The molecule has 3 heterocycles. The number of fused-ring (bicyclic) bond motifs is 1.